The van der Waals surface area contributed by atoms with Crippen LogP contribution < -0.4 is 0 Å². The molecule has 0 aliphatic rings. The number of halogens is 1. The van der Waals surface area contributed by atoms with Crippen LogP contribution in [0.5, 0.6) is 0 Å². The third kappa shape index (κ3) is 18.0. The molecule has 0 saturated carbocycles. The molecule has 0 N–H and O–H groups in total. The molecule has 0 fully saturated rings. The summed E-state index contributed by atoms with van der Waals surface area (Å²) in [4.78, 5) is 23.3. The van der Waals surface area contributed by atoms with Gasteiger partial charge in [-0.05, 0) is 32.6 Å². The van der Waals surface area contributed by atoms with Crippen molar-refractivity contribution in [1.29, 1.82) is 0 Å². The van der Waals surface area contributed by atoms with E-state index < -0.39 is 0 Å². The second-order valence-corrected chi connectivity index (χ2v) is 7.41. The van der Waals surface area contributed by atoms with Crippen molar-refractivity contribution < 1.29 is 19.1 Å². The van der Waals surface area contributed by atoms with E-state index in [1.165, 1.54) is 32.1 Å². The van der Waals surface area contributed by atoms with Gasteiger partial charge in [0.15, 0.2) is 0 Å². The highest BCUT2D eigenvalue weighted by molar-refractivity contribution is 6.17. The van der Waals surface area contributed by atoms with Crippen LogP contribution >= 0.6 is 11.6 Å². The fraction of sp³-hybridized carbons (Fsp3) is 0.905. The number of ether oxygens (including phenoxy) is 2. The van der Waals surface area contributed by atoms with E-state index in [0.717, 1.165) is 50.8 Å². The topological polar surface area (TPSA) is 52.6 Å². The molecule has 1 unspecified atom stereocenters. The van der Waals surface area contributed by atoms with E-state index in [4.69, 9.17) is 21.1 Å². The molecule has 0 rings (SSSR count). The molecule has 26 heavy (non-hydrogen) atoms. The number of esters is 2. The number of hydrogen-bond donors (Lipinski definition) is 0. The van der Waals surface area contributed by atoms with Gasteiger partial charge in [0.1, 0.15) is 0 Å². The van der Waals surface area contributed by atoms with E-state index in [1.54, 1.807) is 0 Å². The van der Waals surface area contributed by atoms with Gasteiger partial charge in [-0.3, -0.25) is 9.59 Å². The Hall–Kier alpha value is -0.770. The Kier molecular flexibility index (Phi) is 18.4. The summed E-state index contributed by atoms with van der Waals surface area (Å²) in [6, 6.07) is 0. The number of rotatable bonds is 18. The zero-order valence-electron chi connectivity index (χ0n) is 16.9. The highest BCUT2D eigenvalue weighted by Gasteiger charge is 2.12. The largest absolute Gasteiger partial charge is 0.466 e. The normalized spacial score (nSPS) is 12.0. The summed E-state index contributed by atoms with van der Waals surface area (Å²) in [5, 5.41) is 0. The fourth-order valence-corrected chi connectivity index (χ4v) is 2.93. The van der Waals surface area contributed by atoms with Gasteiger partial charge in [-0.25, -0.2) is 0 Å². The summed E-state index contributed by atoms with van der Waals surface area (Å²) in [6.45, 7) is 4.50. The molecule has 0 radical (unpaired) electrons. The molecule has 0 spiro atoms. The Morgan fingerprint density at radius 3 is 2.00 bits per heavy atom. The molecule has 0 heterocycles. The molecule has 0 saturated heterocycles. The predicted molar refractivity (Wildman–Crippen MR) is 108 cm³/mol. The average molecular weight is 391 g/mol. The summed E-state index contributed by atoms with van der Waals surface area (Å²) in [7, 11) is 0. The minimum atomic E-state index is -0.305. The molecule has 5 heteroatoms. The first-order valence-corrected chi connectivity index (χ1v) is 11.0. The molecule has 154 valence electrons. The van der Waals surface area contributed by atoms with E-state index >= 15 is 0 Å². The predicted octanol–water partition coefficient (Wildman–Crippen LogP) is 6.18. The quantitative estimate of drug-likeness (QED) is 0.159. The van der Waals surface area contributed by atoms with Gasteiger partial charge in [0.2, 0.25) is 0 Å². The monoisotopic (exact) mass is 390 g/mol. The van der Waals surface area contributed by atoms with Crippen LogP contribution in [0.1, 0.15) is 104 Å². The molecule has 0 aromatic rings. The lowest BCUT2D eigenvalue weighted by Crippen LogP contribution is -2.16. The Morgan fingerprint density at radius 1 is 0.808 bits per heavy atom. The van der Waals surface area contributed by atoms with Crippen molar-refractivity contribution in [2.45, 2.75) is 110 Å². The highest BCUT2D eigenvalue weighted by atomic mass is 35.5. The summed E-state index contributed by atoms with van der Waals surface area (Å²) in [5.41, 5.74) is 0. The van der Waals surface area contributed by atoms with Gasteiger partial charge in [0.25, 0.3) is 0 Å². The van der Waals surface area contributed by atoms with Gasteiger partial charge >= 0.3 is 11.9 Å². The van der Waals surface area contributed by atoms with Gasteiger partial charge in [-0.15, -0.1) is 11.6 Å². The molecule has 0 aromatic carbocycles. The SMILES string of the molecule is CCCCCC(C)OC(=O)CCC(=O)OCCCCCCCCCCCl. The number of unbranched alkanes of at least 4 members (excludes halogenated alkanes) is 9. The van der Waals surface area contributed by atoms with E-state index in [-0.39, 0.29) is 30.9 Å². The minimum absolute atomic E-state index is 0.0694. The highest BCUT2D eigenvalue weighted by Crippen LogP contribution is 2.10. The van der Waals surface area contributed by atoms with Gasteiger partial charge in [-0.1, -0.05) is 58.3 Å². The average Bonchev–Trinajstić information content (AvgIpc) is 2.61. The lowest BCUT2D eigenvalue weighted by molar-refractivity contribution is -0.153. The fourth-order valence-electron chi connectivity index (χ4n) is 2.74. The van der Waals surface area contributed by atoms with E-state index in [9.17, 15) is 9.59 Å². The van der Waals surface area contributed by atoms with Crippen molar-refractivity contribution in [3.8, 4) is 0 Å². The van der Waals surface area contributed by atoms with Crippen molar-refractivity contribution in [1.82, 2.24) is 0 Å². The lowest BCUT2D eigenvalue weighted by Gasteiger charge is -2.12. The Balaban J connectivity index is 3.44. The number of hydrogen-bond acceptors (Lipinski definition) is 4. The summed E-state index contributed by atoms with van der Waals surface area (Å²) in [6.07, 6.45) is 13.7. The van der Waals surface area contributed by atoms with Gasteiger partial charge in [0, 0.05) is 5.88 Å². The lowest BCUT2D eigenvalue weighted by atomic mass is 10.1. The van der Waals surface area contributed by atoms with Crippen LogP contribution in [0.25, 0.3) is 0 Å². The maximum Gasteiger partial charge on any atom is 0.306 e. The molecule has 1 atom stereocenters. The first-order chi connectivity index (χ1) is 12.6. The molecule has 0 aromatic heterocycles. The smallest absolute Gasteiger partial charge is 0.306 e. The van der Waals surface area contributed by atoms with E-state index in [2.05, 4.69) is 6.92 Å². The summed E-state index contributed by atoms with van der Waals surface area (Å²) >= 11 is 5.64. The molecular weight excluding hydrogens is 352 g/mol. The first kappa shape index (κ1) is 25.2. The zero-order chi connectivity index (χ0) is 19.5. The van der Waals surface area contributed by atoms with Crippen LogP contribution in [-0.2, 0) is 19.1 Å². The number of carbonyl (C=O) groups is 2. The van der Waals surface area contributed by atoms with Crippen LogP contribution in [-0.4, -0.2) is 30.5 Å². The molecular formula is C21H39ClO4. The second-order valence-electron chi connectivity index (χ2n) is 7.03. The van der Waals surface area contributed by atoms with Crippen molar-refractivity contribution in [2.75, 3.05) is 12.5 Å². The Labute approximate surface area is 165 Å². The standard InChI is InChI=1S/C21H39ClO4/c1-3-4-11-14-19(2)26-21(24)16-15-20(23)25-18-13-10-8-6-5-7-9-12-17-22/h19H,3-18H2,1-2H3. The Bertz CT molecular complexity index is 347. The van der Waals surface area contributed by atoms with Gasteiger partial charge in [-0.2, -0.15) is 0 Å². The van der Waals surface area contributed by atoms with Crippen molar-refractivity contribution in [2.24, 2.45) is 0 Å². The van der Waals surface area contributed by atoms with Gasteiger partial charge < -0.3 is 9.47 Å². The maximum atomic E-state index is 11.7. The van der Waals surface area contributed by atoms with Crippen LogP contribution in [0.2, 0.25) is 0 Å². The molecule has 0 aliphatic carbocycles. The second kappa shape index (κ2) is 19.0. The van der Waals surface area contributed by atoms with Crippen molar-refractivity contribution in [3.05, 3.63) is 0 Å². The maximum absolute atomic E-state index is 11.7. The van der Waals surface area contributed by atoms with Crippen LogP contribution in [0, 0.1) is 0 Å². The molecule has 0 amide bonds. The van der Waals surface area contributed by atoms with Crippen molar-refractivity contribution >= 4 is 23.5 Å². The van der Waals surface area contributed by atoms with Crippen molar-refractivity contribution in [3.63, 3.8) is 0 Å². The zero-order valence-corrected chi connectivity index (χ0v) is 17.7. The number of alkyl halides is 1. The molecule has 0 aliphatic heterocycles. The molecule has 0 bridgehead atoms. The summed E-state index contributed by atoms with van der Waals surface area (Å²) in [5.74, 6) is 0.155. The third-order valence-corrected chi connectivity index (χ3v) is 4.64. The van der Waals surface area contributed by atoms with Gasteiger partial charge in [0.05, 0.1) is 25.6 Å². The number of carbonyl (C=O) groups excluding carboxylic acids is 2. The third-order valence-electron chi connectivity index (χ3n) is 4.37. The first-order valence-electron chi connectivity index (χ1n) is 10.5. The van der Waals surface area contributed by atoms with E-state index in [1.807, 2.05) is 6.92 Å². The van der Waals surface area contributed by atoms with Crippen LogP contribution in [0.15, 0.2) is 0 Å². The summed E-state index contributed by atoms with van der Waals surface area (Å²) < 4.78 is 10.5. The van der Waals surface area contributed by atoms with Crippen LogP contribution in [0.4, 0.5) is 0 Å². The van der Waals surface area contributed by atoms with E-state index in [0.29, 0.717) is 6.61 Å². The Morgan fingerprint density at radius 2 is 1.38 bits per heavy atom. The minimum Gasteiger partial charge on any atom is -0.466 e. The molecule has 4 nitrogen and oxygen atoms in total. The van der Waals surface area contributed by atoms with Crippen LogP contribution in [0.3, 0.4) is 0 Å².